The van der Waals surface area contributed by atoms with Crippen LogP contribution in [0.25, 0.3) is 0 Å². The minimum atomic E-state index is -0.577. The molecule has 1 atom stereocenters. The number of benzene rings is 3. The van der Waals surface area contributed by atoms with Crippen molar-refractivity contribution in [2.45, 2.75) is 5.92 Å². The van der Waals surface area contributed by atoms with Crippen LogP contribution in [0.1, 0.15) is 17.0 Å². The van der Waals surface area contributed by atoms with Crippen LogP contribution in [-0.2, 0) is 0 Å². The van der Waals surface area contributed by atoms with Crippen molar-refractivity contribution in [2.75, 3.05) is 6.79 Å². The van der Waals surface area contributed by atoms with Gasteiger partial charge in [0.25, 0.3) is 0 Å². The van der Waals surface area contributed by atoms with E-state index in [1.807, 2.05) is 6.07 Å². The topological polar surface area (TPSA) is 86.7 Å². The summed E-state index contributed by atoms with van der Waals surface area (Å²) in [6.45, 7) is 0.0997. The van der Waals surface area contributed by atoms with E-state index in [0.717, 1.165) is 0 Å². The lowest BCUT2D eigenvalue weighted by Gasteiger charge is -2.27. The fraction of sp³-hybridized carbons (Fsp3) is 0.0870. The second-order valence-electron chi connectivity index (χ2n) is 6.77. The minimum absolute atomic E-state index is 0.0104. The molecule has 3 aromatic rings. The van der Waals surface area contributed by atoms with Crippen LogP contribution >= 0.6 is 0 Å². The molecule has 0 bridgehead atoms. The Morgan fingerprint density at radius 2 is 1.77 bits per heavy atom. The Morgan fingerprint density at radius 3 is 2.53 bits per heavy atom. The summed E-state index contributed by atoms with van der Waals surface area (Å²) in [4.78, 5) is 0. The molecule has 0 aromatic heterocycles. The maximum atomic E-state index is 14.5. The van der Waals surface area contributed by atoms with E-state index in [2.05, 4.69) is 6.07 Å². The van der Waals surface area contributed by atoms with Gasteiger partial charge in [0.2, 0.25) is 12.7 Å². The van der Waals surface area contributed by atoms with Gasteiger partial charge in [0, 0.05) is 11.6 Å². The lowest BCUT2D eigenvalue weighted by molar-refractivity contribution is 0.174. The van der Waals surface area contributed by atoms with Gasteiger partial charge in [-0.1, -0.05) is 24.3 Å². The molecule has 0 aliphatic carbocycles. The van der Waals surface area contributed by atoms with Crippen molar-refractivity contribution >= 4 is 0 Å². The van der Waals surface area contributed by atoms with Crippen LogP contribution in [0.5, 0.6) is 28.7 Å². The number of hydrogen-bond donors (Lipinski definition) is 1. The zero-order valence-corrected chi connectivity index (χ0v) is 15.6. The molecular weight excluding hydrogens is 387 g/mol. The molecule has 148 valence electrons. The molecule has 0 radical (unpaired) electrons. The smallest absolute Gasteiger partial charge is 0.231 e. The summed E-state index contributed by atoms with van der Waals surface area (Å²) in [5.74, 6) is 0.974. The van der Waals surface area contributed by atoms with Crippen LogP contribution in [0.15, 0.2) is 72.1 Å². The molecule has 0 spiro atoms. The summed E-state index contributed by atoms with van der Waals surface area (Å²) < 4.78 is 36.7. The molecule has 0 saturated carbocycles. The van der Waals surface area contributed by atoms with Crippen LogP contribution in [0.2, 0.25) is 0 Å². The maximum absolute atomic E-state index is 14.5. The molecule has 1 unspecified atom stereocenters. The lowest BCUT2D eigenvalue weighted by Crippen LogP contribution is -2.21. The third-order valence-electron chi connectivity index (χ3n) is 4.97. The first-order valence-corrected chi connectivity index (χ1v) is 9.17. The Labute approximate surface area is 171 Å². The van der Waals surface area contributed by atoms with Gasteiger partial charge < -0.3 is 24.7 Å². The number of ether oxygens (including phenoxy) is 4. The Kier molecular flexibility index (Phi) is 4.18. The van der Waals surface area contributed by atoms with E-state index in [0.29, 0.717) is 34.1 Å². The van der Waals surface area contributed by atoms with Crippen molar-refractivity contribution in [3.63, 3.8) is 0 Å². The van der Waals surface area contributed by atoms with Crippen LogP contribution in [0.3, 0.4) is 0 Å². The fourth-order valence-corrected chi connectivity index (χ4v) is 3.58. The highest BCUT2D eigenvalue weighted by molar-refractivity contribution is 5.61. The summed E-state index contributed by atoms with van der Waals surface area (Å²) in [6.07, 6.45) is 0. The summed E-state index contributed by atoms with van der Waals surface area (Å²) in [5, 5.41) is 9.74. The second kappa shape index (κ2) is 7.01. The molecule has 30 heavy (non-hydrogen) atoms. The second-order valence-corrected chi connectivity index (χ2v) is 6.77. The first-order valence-electron chi connectivity index (χ1n) is 9.17. The van der Waals surface area contributed by atoms with E-state index >= 15 is 0 Å². The van der Waals surface area contributed by atoms with Gasteiger partial charge in [0.05, 0.1) is 5.92 Å². The van der Waals surface area contributed by atoms with Crippen LogP contribution in [0, 0.1) is 17.1 Å². The third kappa shape index (κ3) is 2.95. The van der Waals surface area contributed by atoms with Crippen molar-refractivity contribution in [2.24, 2.45) is 5.73 Å². The molecule has 0 fully saturated rings. The Hall–Kier alpha value is -4.18. The Balaban J connectivity index is 1.62. The number of rotatable bonds is 3. The highest BCUT2D eigenvalue weighted by atomic mass is 19.1. The first-order chi connectivity index (χ1) is 14.6. The summed E-state index contributed by atoms with van der Waals surface area (Å²) >= 11 is 0. The van der Waals surface area contributed by atoms with Crippen LogP contribution in [-0.4, -0.2) is 6.79 Å². The molecule has 2 aliphatic heterocycles. The molecule has 7 heteroatoms. The summed E-state index contributed by atoms with van der Waals surface area (Å²) in [5.41, 5.74) is 7.55. The fourth-order valence-electron chi connectivity index (χ4n) is 3.58. The number of nitriles is 1. The monoisotopic (exact) mass is 402 g/mol. The van der Waals surface area contributed by atoms with Crippen molar-refractivity contribution in [3.05, 3.63) is 89.1 Å². The number of hydrogen-bond acceptors (Lipinski definition) is 6. The minimum Gasteiger partial charge on any atom is -0.454 e. The van der Waals surface area contributed by atoms with Gasteiger partial charge in [-0.25, -0.2) is 4.39 Å². The van der Waals surface area contributed by atoms with E-state index in [-0.39, 0.29) is 24.0 Å². The molecule has 2 aliphatic rings. The molecule has 6 nitrogen and oxygen atoms in total. The number of allylic oxidation sites excluding steroid dienone is 1. The van der Waals surface area contributed by atoms with Gasteiger partial charge >= 0.3 is 0 Å². The number of halogens is 1. The van der Waals surface area contributed by atoms with E-state index in [9.17, 15) is 9.65 Å². The zero-order valence-electron chi connectivity index (χ0n) is 15.6. The van der Waals surface area contributed by atoms with E-state index in [1.165, 1.54) is 6.07 Å². The van der Waals surface area contributed by atoms with Crippen LogP contribution < -0.4 is 24.7 Å². The molecule has 5 rings (SSSR count). The highest BCUT2D eigenvalue weighted by Crippen LogP contribution is 2.48. The predicted octanol–water partition coefficient (Wildman–Crippen LogP) is 4.56. The average molecular weight is 402 g/mol. The average Bonchev–Trinajstić information content (AvgIpc) is 3.21. The van der Waals surface area contributed by atoms with Gasteiger partial charge in [-0.15, -0.1) is 0 Å². The molecule has 0 saturated heterocycles. The molecule has 2 heterocycles. The maximum Gasteiger partial charge on any atom is 0.231 e. The molecule has 3 aromatic carbocycles. The lowest BCUT2D eigenvalue weighted by atomic mass is 9.83. The zero-order chi connectivity index (χ0) is 20.7. The number of nitrogens with zero attached hydrogens (tertiary/aromatic N) is 1. The molecule has 0 amide bonds. The van der Waals surface area contributed by atoms with Crippen LogP contribution in [0.4, 0.5) is 4.39 Å². The highest BCUT2D eigenvalue weighted by Gasteiger charge is 2.33. The van der Waals surface area contributed by atoms with Crippen molar-refractivity contribution in [1.82, 2.24) is 0 Å². The first kappa shape index (κ1) is 17.9. The summed E-state index contributed by atoms with van der Waals surface area (Å²) in [7, 11) is 0. The quantitative estimate of drug-likeness (QED) is 0.691. The number of nitrogens with two attached hydrogens (primary N) is 1. The van der Waals surface area contributed by atoms with Gasteiger partial charge in [0.1, 0.15) is 23.1 Å². The van der Waals surface area contributed by atoms with Crippen molar-refractivity contribution in [1.29, 1.82) is 5.26 Å². The van der Waals surface area contributed by atoms with Gasteiger partial charge in [-0.05, 0) is 35.9 Å². The predicted molar refractivity (Wildman–Crippen MR) is 105 cm³/mol. The Morgan fingerprint density at radius 1 is 1.00 bits per heavy atom. The van der Waals surface area contributed by atoms with Gasteiger partial charge in [-0.3, -0.25) is 0 Å². The standard InChI is InChI=1S/C23H15FN2O4/c24-17-7-6-13(8-19(17)29-14-4-2-1-3-5-14)22-15-9-20-21(28-12-27-20)10-18(15)30-23(26)16(22)11-25/h1-10,22H,12,26H2. The normalized spacial score (nSPS) is 16.5. The number of fused-ring (bicyclic) bond motifs is 2. The van der Waals surface area contributed by atoms with E-state index in [1.54, 1.807) is 48.5 Å². The van der Waals surface area contributed by atoms with Gasteiger partial charge in [0.15, 0.2) is 23.1 Å². The number of para-hydroxylation sites is 1. The van der Waals surface area contributed by atoms with E-state index in [4.69, 9.17) is 24.7 Å². The molecular formula is C23H15FN2O4. The van der Waals surface area contributed by atoms with Crippen molar-refractivity contribution in [3.8, 4) is 34.8 Å². The molecule has 2 N–H and O–H groups in total. The summed E-state index contributed by atoms with van der Waals surface area (Å²) in [6, 6.07) is 18.9. The van der Waals surface area contributed by atoms with E-state index < -0.39 is 11.7 Å². The van der Waals surface area contributed by atoms with Gasteiger partial charge in [-0.2, -0.15) is 5.26 Å². The largest absolute Gasteiger partial charge is 0.454 e. The third-order valence-corrected chi connectivity index (χ3v) is 4.97. The van der Waals surface area contributed by atoms with Crippen molar-refractivity contribution < 1.29 is 23.3 Å². The Bertz CT molecular complexity index is 1220. The SMILES string of the molecule is N#CC1=C(N)Oc2cc3c(cc2C1c1ccc(F)c(Oc2ccccc2)c1)OCO3.